The van der Waals surface area contributed by atoms with Crippen LogP contribution in [-0.2, 0) is 19.1 Å². The van der Waals surface area contributed by atoms with Gasteiger partial charge < -0.3 is 39.7 Å². The maximum Gasteiger partial charge on any atom is 0.407 e. The van der Waals surface area contributed by atoms with Gasteiger partial charge >= 0.3 is 6.09 Å². The number of methoxy groups -OCH3 is 2. The fourth-order valence-electron chi connectivity index (χ4n) is 8.55. The molecule has 2 aromatic heterocycles. The molecule has 8 rings (SSSR count). The van der Waals surface area contributed by atoms with Crippen LogP contribution in [0.3, 0.4) is 0 Å². The maximum atomic E-state index is 15.0. The Morgan fingerprint density at radius 1 is 0.790 bits per heavy atom. The van der Waals surface area contributed by atoms with Gasteiger partial charge in [0, 0.05) is 25.6 Å². The number of amides is 3. The quantitative estimate of drug-likeness (QED) is 0.0753. The molecule has 0 aliphatic carbocycles. The van der Waals surface area contributed by atoms with Gasteiger partial charge in [-0.3, -0.25) is 14.9 Å². The number of halogens is 1. The number of fused-ring (bicyclic) bond motifs is 1. The fourth-order valence-corrected chi connectivity index (χ4v) is 8.55. The number of rotatable bonds is 13. The van der Waals surface area contributed by atoms with E-state index in [0.29, 0.717) is 23.8 Å². The minimum atomic E-state index is -1.39. The van der Waals surface area contributed by atoms with Crippen LogP contribution >= 0.6 is 0 Å². The molecule has 0 spiro atoms. The third-order valence-corrected chi connectivity index (χ3v) is 11.9. The van der Waals surface area contributed by atoms with E-state index >= 15 is 4.39 Å². The summed E-state index contributed by atoms with van der Waals surface area (Å²) in [6, 6.07) is 27.2. The average Bonchev–Trinajstić information content (AvgIpc) is 4.14. The molecule has 4 heterocycles. The summed E-state index contributed by atoms with van der Waals surface area (Å²) in [6.07, 6.45) is 1.95. The topological polar surface area (TPSA) is 178 Å². The van der Waals surface area contributed by atoms with Crippen molar-refractivity contribution < 1.29 is 33.4 Å². The lowest BCUT2D eigenvalue weighted by atomic mass is 9.98. The van der Waals surface area contributed by atoms with E-state index in [1.165, 1.54) is 19.1 Å². The molecule has 6 atom stereocenters. The molecule has 322 valence electrons. The Kier molecular flexibility index (Phi) is 12.5. The van der Waals surface area contributed by atoms with Crippen LogP contribution in [0.5, 0.6) is 0 Å². The lowest BCUT2D eigenvalue weighted by molar-refractivity contribution is -0.143. The van der Waals surface area contributed by atoms with E-state index in [1.54, 1.807) is 41.6 Å². The average molecular weight is 843 g/mol. The molecule has 5 N–H and O–H groups in total. The van der Waals surface area contributed by atoms with Gasteiger partial charge in [-0.25, -0.2) is 19.2 Å². The van der Waals surface area contributed by atoms with Gasteiger partial charge in [0.15, 0.2) is 0 Å². The summed E-state index contributed by atoms with van der Waals surface area (Å²) in [4.78, 5) is 58.9. The number of ether oxygens (including phenoxy) is 2. The number of imidazole rings is 2. The van der Waals surface area contributed by atoms with E-state index in [1.807, 2.05) is 44.2 Å². The van der Waals surface area contributed by atoms with Crippen molar-refractivity contribution >= 4 is 28.7 Å². The Morgan fingerprint density at radius 2 is 1.40 bits per heavy atom. The third-order valence-electron chi connectivity index (χ3n) is 11.9. The van der Waals surface area contributed by atoms with Crippen LogP contribution in [-0.4, -0.2) is 98.7 Å². The number of nitrogens with one attached hydrogen (secondary N) is 4. The smallest absolute Gasteiger partial charge is 0.407 e. The number of H-pyrrole nitrogens is 2. The number of carbonyl (C=O) groups is 3. The van der Waals surface area contributed by atoms with Gasteiger partial charge in [0.05, 0.1) is 49.5 Å². The predicted molar refractivity (Wildman–Crippen MR) is 232 cm³/mol. The minimum absolute atomic E-state index is 0.0948. The second kappa shape index (κ2) is 18.3. The van der Waals surface area contributed by atoms with Gasteiger partial charge in [-0.1, -0.05) is 92.7 Å². The summed E-state index contributed by atoms with van der Waals surface area (Å²) < 4.78 is 24.7. The SMILES string of the molecule is COC(=O)NC(C(=O)N1CCCC1c1ncc(-c2ccc3cc(-c4ccc(-c5cnc(C6CC(F)CN6C(=O)C(NC(O)OC)c6ccccc6)[nH]5)cc4)ccc3c2)[nH]1)C(C)C. The first-order chi connectivity index (χ1) is 30.0. The van der Waals surface area contributed by atoms with E-state index in [4.69, 9.17) is 14.5 Å². The Balaban J connectivity index is 0.949. The summed E-state index contributed by atoms with van der Waals surface area (Å²) >= 11 is 0. The van der Waals surface area contributed by atoms with Crippen LogP contribution in [0.1, 0.15) is 68.4 Å². The molecule has 2 saturated heterocycles. The van der Waals surface area contributed by atoms with Crippen molar-refractivity contribution in [2.24, 2.45) is 5.92 Å². The van der Waals surface area contributed by atoms with Gasteiger partial charge in [-0.15, -0.1) is 0 Å². The van der Waals surface area contributed by atoms with E-state index in [9.17, 15) is 19.5 Å². The van der Waals surface area contributed by atoms with E-state index in [-0.39, 0.29) is 30.8 Å². The number of aliphatic hydroxyl groups excluding tert-OH is 1. The van der Waals surface area contributed by atoms with Crippen molar-refractivity contribution in [3.05, 3.63) is 121 Å². The maximum absolute atomic E-state index is 15.0. The summed E-state index contributed by atoms with van der Waals surface area (Å²) in [5.41, 5.74) is 6.14. The highest BCUT2D eigenvalue weighted by Gasteiger charge is 2.41. The third kappa shape index (κ3) is 8.82. The van der Waals surface area contributed by atoms with Crippen LogP contribution in [0.25, 0.3) is 44.4 Å². The number of aliphatic hydroxyl groups is 1. The van der Waals surface area contributed by atoms with Crippen LogP contribution in [0.15, 0.2) is 103 Å². The molecule has 3 amide bonds. The molecule has 6 unspecified atom stereocenters. The number of hydrogen-bond acceptors (Lipinski definition) is 9. The molecule has 0 radical (unpaired) electrons. The lowest BCUT2D eigenvalue weighted by Crippen LogP contribution is -2.51. The number of alkyl halides is 1. The summed E-state index contributed by atoms with van der Waals surface area (Å²) in [5.74, 6) is 0.538. The molecular weight excluding hydrogens is 792 g/mol. The number of aromatic nitrogens is 4. The van der Waals surface area contributed by atoms with Crippen molar-refractivity contribution in [2.75, 3.05) is 27.3 Å². The first-order valence-electron chi connectivity index (χ1n) is 20.9. The zero-order valence-electron chi connectivity index (χ0n) is 35.0. The van der Waals surface area contributed by atoms with Crippen molar-refractivity contribution in [2.45, 2.75) is 69.9 Å². The minimum Gasteiger partial charge on any atom is -0.453 e. The van der Waals surface area contributed by atoms with Crippen LogP contribution in [0.4, 0.5) is 9.18 Å². The highest BCUT2D eigenvalue weighted by Crippen LogP contribution is 2.37. The van der Waals surface area contributed by atoms with E-state index in [2.05, 4.69) is 62.0 Å². The number of alkyl carbamates (subject to hydrolysis) is 1. The molecule has 4 aromatic carbocycles. The summed E-state index contributed by atoms with van der Waals surface area (Å²) in [6.45, 7) is 4.28. The number of aromatic amines is 2. The first-order valence-corrected chi connectivity index (χ1v) is 20.9. The normalized spacial score (nSPS) is 19.2. The molecular formula is C47H51FN8O6. The highest BCUT2D eigenvalue weighted by atomic mass is 19.1. The Morgan fingerprint density at radius 3 is 2.06 bits per heavy atom. The van der Waals surface area contributed by atoms with Gasteiger partial charge in [0.2, 0.25) is 18.2 Å². The van der Waals surface area contributed by atoms with Gasteiger partial charge in [-0.05, 0) is 63.9 Å². The van der Waals surface area contributed by atoms with Crippen LogP contribution in [0, 0.1) is 5.92 Å². The van der Waals surface area contributed by atoms with Crippen molar-refractivity contribution in [1.29, 1.82) is 0 Å². The lowest BCUT2D eigenvalue weighted by Gasteiger charge is -2.30. The Hall–Kier alpha value is -6.42. The van der Waals surface area contributed by atoms with Crippen molar-refractivity contribution in [3.8, 4) is 33.6 Å². The number of hydrogen-bond donors (Lipinski definition) is 5. The predicted octanol–water partition coefficient (Wildman–Crippen LogP) is 7.20. The summed E-state index contributed by atoms with van der Waals surface area (Å²) in [7, 11) is 2.61. The number of benzene rings is 4. The molecule has 2 aliphatic rings. The standard InChI is InChI=1S/C47H51FN8O6/c1-27(2)40(53-46(59)61-3)44(57)55-20-8-11-38(55)42-49-25-37(52-42)34-19-18-32-21-31(16-17-33(32)22-34)28-12-14-29(15-13-28)36-24-50-43(51-36)39-23-35(48)26-56(39)45(58)41(54-47(60)62-4)30-9-6-5-7-10-30/h5-7,9-10,12-19,21-22,24-25,27,35,38-41,47,54,60H,8,11,20,23,26H2,1-4H3,(H,49,52)(H,50,51)(H,53,59). The second-order valence-electron chi connectivity index (χ2n) is 16.2. The molecule has 62 heavy (non-hydrogen) atoms. The Labute approximate surface area is 358 Å². The molecule has 6 aromatic rings. The van der Waals surface area contributed by atoms with Crippen LogP contribution in [0.2, 0.25) is 0 Å². The fraction of sp³-hybridized carbons (Fsp3) is 0.340. The Bertz CT molecular complexity index is 2530. The zero-order valence-corrected chi connectivity index (χ0v) is 35.0. The first kappa shape index (κ1) is 42.3. The molecule has 2 fully saturated rings. The molecule has 14 nitrogen and oxygen atoms in total. The largest absolute Gasteiger partial charge is 0.453 e. The van der Waals surface area contributed by atoms with Crippen LogP contribution < -0.4 is 10.6 Å². The second-order valence-corrected chi connectivity index (χ2v) is 16.2. The van der Waals surface area contributed by atoms with Gasteiger partial charge in [0.25, 0.3) is 0 Å². The summed E-state index contributed by atoms with van der Waals surface area (Å²) in [5, 5.41) is 17.8. The molecule has 2 aliphatic heterocycles. The molecule has 15 heteroatoms. The van der Waals surface area contributed by atoms with E-state index in [0.717, 1.165) is 57.3 Å². The number of nitrogens with zero attached hydrogens (tertiary/aromatic N) is 4. The number of carbonyl (C=O) groups excluding carboxylic acids is 3. The monoisotopic (exact) mass is 842 g/mol. The van der Waals surface area contributed by atoms with Crippen molar-refractivity contribution in [1.82, 2.24) is 40.4 Å². The molecule has 0 saturated carbocycles. The van der Waals surface area contributed by atoms with Gasteiger partial charge in [0.1, 0.15) is 29.9 Å². The van der Waals surface area contributed by atoms with E-state index < -0.39 is 42.7 Å². The van der Waals surface area contributed by atoms with Crippen molar-refractivity contribution in [3.63, 3.8) is 0 Å². The zero-order chi connectivity index (χ0) is 43.5. The number of likely N-dealkylation sites (tertiary alicyclic amines) is 2. The highest BCUT2D eigenvalue weighted by molar-refractivity contribution is 5.91. The molecule has 0 bridgehead atoms. The van der Waals surface area contributed by atoms with Gasteiger partial charge in [-0.2, -0.15) is 0 Å².